The Balaban J connectivity index is 3.51. The molecule has 0 amide bonds. The molecule has 0 aromatic rings. The van der Waals surface area contributed by atoms with Crippen LogP contribution in [0.4, 0.5) is 0 Å². The Kier molecular flexibility index (Phi) is 10.3. The first-order valence-electron chi connectivity index (χ1n) is 6.18. The SMILES string of the molecule is CCCC(C)C(CC)NCCOCCO. The molecule has 0 aliphatic rings. The van der Waals surface area contributed by atoms with E-state index >= 15 is 0 Å². The van der Waals surface area contributed by atoms with E-state index in [0.717, 1.165) is 12.5 Å². The van der Waals surface area contributed by atoms with Gasteiger partial charge in [0.05, 0.1) is 19.8 Å². The highest BCUT2D eigenvalue weighted by Crippen LogP contribution is 2.12. The lowest BCUT2D eigenvalue weighted by Crippen LogP contribution is -2.36. The van der Waals surface area contributed by atoms with Crippen molar-refractivity contribution in [3.8, 4) is 0 Å². The van der Waals surface area contributed by atoms with Gasteiger partial charge in [-0.2, -0.15) is 0 Å². The molecular weight excluding hydrogens is 190 g/mol. The number of hydrogen-bond acceptors (Lipinski definition) is 3. The molecule has 2 atom stereocenters. The van der Waals surface area contributed by atoms with Crippen molar-refractivity contribution in [2.24, 2.45) is 5.92 Å². The second-order valence-electron chi connectivity index (χ2n) is 4.07. The van der Waals surface area contributed by atoms with Gasteiger partial charge >= 0.3 is 0 Å². The standard InChI is InChI=1S/C12H27NO2/c1-4-6-11(3)12(5-2)13-7-9-15-10-8-14/h11-14H,4-10H2,1-3H3. The monoisotopic (exact) mass is 217 g/mol. The Morgan fingerprint density at radius 2 is 2.00 bits per heavy atom. The van der Waals surface area contributed by atoms with Crippen molar-refractivity contribution < 1.29 is 9.84 Å². The molecule has 0 saturated heterocycles. The van der Waals surface area contributed by atoms with Gasteiger partial charge in [0.15, 0.2) is 0 Å². The second-order valence-corrected chi connectivity index (χ2v) is 4.07. The Bertz CT molecular complexity index is 131. The van der Waals surface area contributed by atoms with Crippen molar-refractivity contribution in [2.75, 3.05) is 26.4 Å². The van der Waals surface area contributed by atoms with Crippen molar-refractivity contribution in [1.29, 1.82) is 0 Å². The average molecular weight is 217 g/mol. The Labute approximate surface area is 94.2 Å². The van der Waals surface area contributed by atoms with Gasteiger partial charge in [-0.15, -0.1) is 0 Å². The molecule has 2 N–H and O–H groups in total. The first-order chi connectivity index (χ1) is 7.26. The summed E-state index contributed by atoms with van der Waals surface area (Å²) in [5.41, 5.74) is 0. The van der Waals surface area contributed by atoms with E-state index in [0.29, 0.717) is 19.3 Å². The molecule has 15 heavy (non-hydrogen) atoms. The molecule has 0 heterocycles. The Morgan fingerprint density at radius 3 is 2.53 bits per heavy atom. The van der Waals surface area contributed by atoms with Crippen LogP contribution in [0.25, 0.3) is 0 Å². The molecule has 0 fully saturated rings. The molecule has 0 radical (unpaired) electrons. The molecule has 0 bridgehead atoms. The zero-order valence-corrected chi connectivity index (χ0v) is 10.5. The summed E-state index contributed by atoms with van der Waals surface area (Å²) < 4.78 is 5.20. The van der Waals surface area contributed by atoms with Crippen LogP contribution in [0.15, 0.2) is 0 Å². The highest BCUT2D eigenvalue weighted by molar-refractivity contribution is 4.71. The van der Waals surface area contributed by atoms with Gasteiger partial charge in [0.1, 0.15) is 0 Å². The van der Waals surface area contributed by atoms with E-state index in [1.165, 1.54) is 19.3 Å². The van der Waals surface area contributed by atoms with Crippen LogP contribution < -0.4 is 5.32 Å². The minimum Gasteiger partial charge on any atom is -0.394 e. The third-order valence-corrected chi connectivity index (χ3v) is 2.76. The molecule has 0 aromatic carbocycles. The molecular formula is C12H27NO2. The molecule has 3 nitrogen and oxygen atoms in total. The van der Waals surface area contributed by atoms with Gasteiger partial charge in [-0.1, -0.05) is 27.2 Å². The van der Waals surface area contributed by atoms with Crippen LogP contribution in [0.5, 0.6) is 0 Å². The normalized spacial score (nSPS) is 15.2. The molecule has 0 rings (SSSR count). The third-order valence-electron chi connectivity index (χ3n) is 2.76. The summed E-state index contributed by atoms with van der Waals surface area (Å²) in [5, 5.41) is 12.0. The minimum atomic E-state index is 0.115. The van der Waals surface area contributed by atoms with Crippen LogP contribution in [-0.4, -0.2) is 37.5 Å². The molecule has 92 valence electrons. The summed E-state index contributed by atoms with van der Waals surface area (Å²) in [6.45, 7) is 8.89. The van der Waals surface area contributed by atoms with E-state index in [2.05, 4.69) is 26.1 Å². The van der Waals surface area contributed by atoms with E-state index in [4.69, 9.17) is 9.84 Å². The summed E-state index contributed by atoms with van der Waals surface area (Å²) in [7, 11) is 0. The summed E-state index contributed by atoms with van der Waals surface area (Å²) in [6.07, 6.45) is 3.70. The fraction of sp³-hybridized carbons (Fsp3) is 1.00. The largest absolute Gasteiger partial charge is 0.394 e. The van der Waals surface area contributed by atoms with Gasteiger partial charge in [-0.05, 0) is 18.8 Å². The van der Waals surface area contributed by atoms with Gasteiger partial charge in [0.2, 0.25) is 0 Å². The number of aliphatic hydroxyl groups is 1. The topological polar surface area (TPSA) is 41.5 Å². The van der Waals surface area contributed by atoms with Crippen molar-refractivity contribution in [1.82, 2.24) is 5.32 Å². The highest BCUT2D eigenvalue weighted by Gasteiger charge is 2.13. The van der Waals surface area contributed by atoms with Crippen LogP contribution in [-0.2, 0) is 4.74 Å². The summed E-state index contributed by atoms with van der Waals surface area (Å²) in [5.74, 6) is 0.734. The van der Waals surface area contributed by atoms with Gasteiger partial charge < -0.3 is 15.2 Å². The minimum absolute atomic E-state index is 0.115. The van der Waals surface area contributed by atoms with E-state index < -0.39 is 0 Å². The first kappa shape index (κ1) is 14.9. The molecule has 3 heteroatoms. The summed E-state index contributed by atoms with van der Waals surface area (Å²) in [4.78, 5) is 0. The average Bonchev–Trinajstić information content (AvgIpc) is 2.23. The lowest BCUT2D eigenvalue weighted by molar-refractivity contribution is 0.0912. The number of nitrogens with one attached hydrogen (secondary N) is 1. The van der Waals surface area contributed by atoms with Crippen molar-refractivity contribution in [3.05, 3.63) is 0 Å². The number of ether oxygens (including phenoxy) is 1. The lowest BCUT2D eigenvalue weighted by atomic mass is 9.95. The highest BCUT2D eigenvalue weighted by atomic mass is 16.5. The summed E-state index contributed by atoms with van der Waals surface area (Å²) in [6, 6.07) is 0.600. The Morgan fingerprint density at radius 1 is 1.27 bits per heavy atom. The Hall–Kier alpha value is -0.120. The van der Waals surface area contributed by atoms with Crippen LogP contribution in [0, 0.1) is 5.92 Å². The third kappa shape index (κ3) is 7.77. The van der Waals surface area contributed by atoms with E-state index in [9.17, 15) is 0 Å². The zero-order chi connectivity index (χ0) is 11.5. The first-order valence-corrected chi connectivity index (χ1v) is 6.18. The number of hydrogen-bond donors (Lipinski definition) is 2. The maximum Gasteiger partial charge on any atom is 0.0698 e. The quantitative estimate of drug-likeness (QED) is 0.548. The maximum atomic E-state index is 8.53. The van der Waals surface area contributed by atoms with Crippen LogP contribution in [0.3, 0.4) is 0 Å². The van der Waals surface area contributed by atoms with Gasteiger partial charge in [0.25, 0.3) is 0 Å². The van der Waals surface area contributed by atoms with Gasteiger partial charge in [-0.3, -0.25) is 0 Å². The van der Waals surface area contributed by atoms with E-state index in [1.54, 1.807) is 0 Å². The molecule has 0 aromatic heterocycles. The van der Waals surface area contributed by atoms with Crippen molar-refractivity contribution in [2.45, 2.75) is 46.1 Å². The predicted octanol–water partition coefficient (Wildman–Crippen LogP) is 1.80. The van der Waals surface area contributed by atoms with Crippen LogP contribution in [0.2, 0.25) is 0 Å². The van der Waals surface area contributed by atoms with Crippen LogP contribution >= 0.6 is 0 Å². The lowest BCUT2D eigenvalue weighted by Gasteiger charge is -2.23. The zero-order valence-electron chi connectivity index (χ0n) is 10.5. The van der Waals surface area contributed by atoms with E-state index in [1.807, 2.05) is 0 Å². The van der Waals surface area contributed by atoms with Crippen LogP contribution in [0.1, 0.15) is 40.0 Å². The molecule has 0 saturated carbocycles. The molecule has 2 unspecified atom stereocenters. The van der Waals surface area contributed by atoms with Crippen molar-refractivity contribution in [3.63, 3.8) is 0 Å². The maximum absolute atomic E-state index is 8.53. The second kappa shape index (κ2) is 10.4. The summed E-state index contributed by atoms with van der Waals surface area (Å²) >= 11 is 0. The predicted molar refractivity (Wildman–Crippen MR) is 64.1 cm³/mol. The smallest absolute Gasteiger partial charge is 0.0698 e. The number of aliphatic hydroxyl groups excluding tert-OH is 1. The van der Waals surface area contributed by atoms with E-state index in [-0.39, 0.29) is 6.61 Å². The number of rotatable bonds is 10. The molecule has 0 aliphatic heterocycles. The fourth-order valence-electron chi connectivity index (χ4n) is 1.89. The fourth-order valence-corrected chi connectivity index (χ4v) is 1.89. The van der Waals surface area contributed by atoms with Crippen molar-refractivity contribution >= 4 is 0 Å². The van der Waals surface area contributed by atoms with Gasteiger partial charge in [-0.25, -0.2) is 0 Å². The van der Waals surface area contributed by atoms with Gasteiger partial charge in [0, 0.05) is 12.6 Å². The molecule has 0 aliphatic carbocycles. The molecule has 0 spiro atoms.